The summed E-state index contributed by atoms with van der Waals surface area (Å²) in [6, 6.07) is 6.20. The molecule has 0 saturated heterocycles. The van der Waals surface area contributed by atoms with E-state index in [0.717, 1.165) is 23.5 Å². The van der Waals surface area contributed by atoms with E-state index in [1.165, 1.54) is 0 Å². The van der Waals surface area contributed by atoms with E-state index in [1.54, 1.807) is 24.3 Å². The molecule has 2 aromatic rings. The molecule has 2 rings (SSSR count). The third-order valence-electron chi connectivity index (χ3n) is 4.11. The Labute approximate surface area is 154 Å². The number of carbonyl (C=O) groups is 2. The molecule has 0 aliphatic rings. The Morgan fingerprint density at radius 2 is 1.69 bits per heavy atom. The van der Waals surface area contributed by atoms with Crippen LogP contribution in [0.5, 0.6) is 0 Å². The van der Waals surface area contributed by atoms with Crippen LogP contribution >= 0.6 is 0 Å². The lowest BCUT2D eigenvalue weighted by Crippen LogP contribution is -2.19. The predicted molar refractivity (Wildman–Crippen MR) is 103 cm³/mol. The van der Waals surface area contributed by atoms with Crippen LogP contribution in [0.25, 0.3) is 0 Å². The Bertz CT molecular complexity index is 778. The highest BCUT2D eigenvalue weighted by Crippen LogP contribution is 2.18. The highest BCUT2D eigenvalue weighted by atomic mass is 16.2. The van der Waals surface area contributed by atoms with Gasteiger partial charge in [-0.25, -0.2) is 4.79 Å². The van der Waals surface area contributed by atoms with Crippen molar-refractivity contribution in [2.75, 3.05) is 10.6 Å². The molecule has 0 aliphatic carbocycles. The second-order valence-corrected chi connectivity index (χ2v) is 6.84. The van der Waals surface area contributed by atoms with Crippen LogP contribution in [0.1, 0.15) is 37.2 Å². The van der Waals surface area contributed by atoms with Crippen molar-refractivity contribution in [2.24, 2.45) is 11.7 Å². The summed E-state index contributed by atoms with van der Waals surface area (Å²) in [7, 11) is 0. The maximum Gasteiger partial charge on any atom is 0.316 e. The lowest BCUT2D eigenvalue weighted by atomic mass is 10.1. The molecule has 1 aromatic carbocycles. The molecule has 26 heavy (non-hydrogen) atoms. The van der Waals surface area contributed by atoms with E-state index >= 15 is 0 Å². The second-order valence-electron chi connectivity index (χ2n) is 6.84. The quantitative estimate of drug-likeness (QED) is 0.709. The van der Waals surface area contributed by atoms with Crippen LogP contribution in [0.3, 0.4) is 0 Å². The van der Waals surface area contributed by atoms with Crippen LogP contribution in [-0.2, 0) is 17.8 Å². The van der Waals surface area contributed by atoms with Gasteiger partial charge in [-0.1, -0.05) is 13.8 Å². The van der Waals surface area contributed by atoms with Crippen molar-refractivity contribution in [3.8, 4) is 0 Å². The smallest absolute Gasteiger partial charge is 0.316 e. The van der Waals surface area contributed by atoms with Crippen molar-refractivity contribution < 1.29 is 9.59 Å². The zero-order chi connectivity index (χ0) is 19.3. The Morgan fingerprint density at radius 1 is 1.12 bits per heavy atom. The van der Waals surface area contributed by atoms with Gasteiger partial charge in [0.2, 0.25) is 5.91 Å². The number of carbonyl (C=O) groups excluding carboxylic acids is 2. The first kappa shape index (κ1) is 19.5. The third-order valence-corrected chi connectivity index (χ3v) is 4.11. The van der Waals surface area contributed by atoms with Gasteiger partial charge in [0.25, 0.3) is 0 Å². The number of benzene rings is 1. The van der Waals surface area contributed by atoms with Gasteiger partial charge in [-0.2, -0.15) is 5.10 Å². The largest absolute Gasteiger partial charge is 0.351 e. The summed E-state index contributed by atoms with van der Waals surface area (Å²) in [5.74, 6) is 0.465. The summed E-state index contributed by atoms with van der Waals surface area (Å²) >= 11 is 0. The summed E-state index contributed by atoms with van der Waals surface area (Å²) in [6.07, 6.45) is 1.04. The molecule has 7 nitrogen and oxygen atoms in total. The van der Waals surface area contributed by atoms with Gasteiger partial charge in [-0.15, -0.1) is 0 Å². The number of nitrogens with two attached hydrogens (primary N) is 1. The summed E-state index contributed by atoms with van der Waals surface area (Å²) in [5, 5.41) is 9.92. The topological polar surface area (TPSA) is 102 Å². The van der Waals surface area contributed by atoms with E-state index in [0.29, 0.717) is 30.1 Å². The van der Waals surface area contributed by atoms with Gasteiger partial charge in [0, 0.05) is 30.0 Å². The van der Waals surface area contributed by atoms with Crippen molar-refractivity contribution in [3.05, 3.63) is 41.2 Å². The standard InChI is InChI=1S/C19H27N5O2/c1-12(2)11-24-14(4)17(13(3)23-24)9-10-18(25)21-15-5-7-16(8-6-15)22-19(20)26/h5-8,12H,9-11H2,1-4H3,(H,21,25)(H3,20,22,26). The minimum atomic E-state index is -0.620. The number of hydrogen-bond donors (Lipinski definition) is 3. The number of aryl methyl sites for hydroxylation is 1. The van der Waals surface area contributed by atoms with E-state index in [1.807, 2.05) is 11.6 Å². The molecule has 140 valence electrons. The molecule has 3 amide bonds. The van der Waals surface area contributed by atoms with Crippen molar-refractivity contribution in [3.63, 3.8) is 0 Å². The molecule has 0 atom stereocenters. The van der Waals surface area contributed by atoms with Gasteiger partial charge in [0.05, 0.1) is 5.69 Å². The maximum atomic E-state index is 12.2. The van der Waals surface area contributed by atoms with Crippen LogP contribution in [0.4, 0.5) is 16.2 Å². The number of aromatic nitrogens is 2. The van der Waals surface area contributed by atoms with Gasteiger partial charge in [-0.05, 0) is 56.0 Å². The monoisotopic (exact) mass is 357 g/mol. The number of nitrogens with zero attached hydrogens (tertiary/aromatic N) is 2. The fourth-order valence-electron chi connectivity index (χ4n) is 2.86. The molecule has 0 spiro atoms. The van der Waals surface area contributed by atoms with E-state index in [2.05, 4.69) is 36.5 Å². The molecular weight excluding hydrogens is 330 g/mol. The number of nitrogens with one attached hydrogen (secondary N) is 2. The Kier molecular flexibility index (Phi) is 6.38. The molecule has 0 fully saturated rings. The fourth-order valence-corrected chi connectivity index (χ4v) is 2.86. The molecule has 0 radical (unpaired) electrons. The molecule has 0 unspecified atom stereocenters. The van der Waals surface area contributed by atoms with Crippen LogP contribution in [0.2, 0.25) is 0 Å². The fraction of sp³-hybridized carbons (Fsp3) is 0.421. The SMILES string of the molecule is Cc1nn(CC(C)C)c(C)c1CCC(=O)Nc1ccc(NC(N)=O)cc1. The highest BCUT2D eigenvalue weighted by Gasteiger charge is 2.14. The maximum absolute atomic E-state index is 12.2. The van der Waals surface area contributed by atoms with Crippen molar-refractivity contribution >= 4 is 23.3 Å². The summed E-state index contributed by atoms with van der Waals surface area (Å²) < 4.78 is 2.03. The number of primary amides is 1. The molecule has 0 bridgehead atoms. The van der Waals surface area contributed by atoms with Crippen molar-refractivity contribution in [1.29, 1.82) is 0 Å². The number of amides is 3. The van der Waals surface area contributed by atoms with Crippen LogP contribution < -0.4 is 16.4 Å². The number of anilines is 2. The van der Waals surface area contributed by atoms with E-state index in [9.17, 15) is 9.59 Å². The average Bonchev–Trinajstić information content (AvgIpc) is 2.80. The summed E-state index contributed by atoms with van der Waals surface area (Å²) in [5.41, 5.74) is 9.58. The van der Waals surface area contributed by atoms with Gasteiger partial charge in [0.1, 0.15) is 0 Å². The van der Waals surface area contributed by atoms with Crippen molar-refractivity contribution in [2.45, 2.75) is 47.1 Å². The van der Waals surface area contributed by atoms with E-state index < -0.39 is 6.03 Å². The van der Waals surface area contributed by atoms with Gasteiger partial charge < -0.3 is 16.4 Å². The number of hydrogen-bond acceptors (Lipinski definition) is 3. The lowest BCUT2D eigenvalue weighted by molar-refractivity contribution is -0.116. The van der Waals surface area contributed by atoms with E-state index in [4.69, 9.17) is 5.73 Å². The first-order valence-electron chi connectivity index (χ1n) is 8.75. The lowest BCUT2D eigenvalue weighted by Gasteiger charge is -2.09. The van der Waals surface area contributed by atoms with Gasteiger partial charge >= 0.3 is 6.03 Å². The second kappa shape index (κ2) is 8.51. The first-order chi connectivity index (χ1) is 12.3. The molecule has 0 saturated carbocycles. The van der Waals surface area contributed by atoms with Gasteiger partial charge in [-0.3, -0.25) is 9.48 Å². The van der Waals surface area contributed by atoms with Crippen LogP contribution in [0.15, 0.2) is 24.3 Å². The Balaban J connectivity index is 1.93. The zero-order valence-corrected chi connectivity index (χ0v) is 15.8. The molecule has 1 aromatic heterocycles. The Morgan fingerprint density at radius 3 is 2.23 bits per heavy atom. The minimum absolute atomic E-state index is 0.0592. The summed E-state index contributed by atoms with van der Waals surface area (Å²) in [6.45, 7) is 9.24. The van der Waals surface area contributed by atoms with Gasteiger partial charge in [0.15, 0.2) is 0 Å². The molecule has 0 aliphatic heterocycles. The van der Waals surface area contributed by atoms with Crippen LogP contribution in [-0.4, -0.2) is 21.7 Å². The van der Waals surface area contributed by atoms with Crippen molar-refractivity contribution in [1.82, 2.24) is 9.78 Å². The molecule has 7 heteroatoms. The van der Waals surface area contributed by atoms with Crippen LogP contribution in [0, 0.1) is 19.8 Å². The average molecular weight is 357 g/mol. The molecule has 4 N–H and O–H groups in total. The predicted octanol–water partition coefficient (Wildman–Crippen LogP) is 3.22. The normalized spacial score (nSPS) is 10.8. The molecule has 1 heterocycles. The summed E-state index contributed by atoms with van der Waals surface area (Å²) in [4.78, 5) is 23.0. The Hall–Kier alpha value is -2.83. The third kappa shape index (κ3) is 5.34. The number of urea groups is 1. The minimum Gasteiger partial charge on any atom is -0.351 e. The molecular formula is C19H27N5O2. The van der Waals surface area contributed by atoms with E-state index in [-0.39, 0.29) is 5.91 Å². The first-order valence-corrected chi connectivity index (χ1v) is 8.75. The zero-order valence-electron chi connectivity index (χ0n) is 15.8. The highest BCUT2D eigenvalue weighted by molar-refractivity contribution is 5.92. The number of rotatable bonds is 7.